The van der Waals surface area contributed by atoms with E-state index in [0.29, 0.717) is 30.4 Å². The minimum Gasteiger partial charge on any atom is -0.493 e. The summed E-state index contributed by atoms with van der Waals surface area (Å²) >= 11 is 14.7. The Hall–Kier alpha value is -2.78. The van der Waals surface area contributed by atoms with Crippen molar-refractivity contribution in [2.45, 2.75) is 18.4 Å². The number of nitrogens with one attached hydrogen (secondary N) is 1. The van der Waals surface area contributed by atoms with Gasteiger partial charge in [0, 0.05) is 12.6 Å². The Morgan fingerprint density at radius 2 is 1.77 bits per heavy atom. The number of carbonyl (C=O) groups is 3. The van der Waals surface area contributed by atoms with E-state index in [9.17, 15) is 22.8 Å². The van der Waals surface area contributed by atoms with Crippen molar-refractivity contribution in [1.29, 1.82) is 0 Å². The zero-order valence-corrected chi connectivity index (χ0v) is 26.0. The van der Waals surface area contributed by atoms with Crippen LogP contribution in [0.4, 0.5) is 10.5 Å². The molecule has 1 fully saturated rings. The first-order valence-electron chi connectivity index (χ1n) is 11.3. The number of anilines is 1. The summed E-state index contributed by atoms with van der Waals surface area (Å²) in [4.78, 5) is 38.0. The van der Waals surface area contributed by atoms with Crippen LogP contribution in [0.25, 0.3) is 6.08 Å². The van der Waals surface area contributed by atoms with Crippen LogP contribution in [0.2, 0.25) is 10.0 Å². The molecule has 0 unspecified atom stereocenters. The first-order chi connectivity index (χ1) is 18.9. The molecule has 1 heterocycles. The lowest BCUT2D eigenvalue weighted by molar-refractivity contribution is -0.123. The van der Waals surface area contributed by atoms with Gasteiger partial charge in [-0.05, 0) is 100 Å². The second-order valence-electron chi connectivity index (χ2n) is 8.29. The van der Waals surface area contributed by atoms with Crippen molar-refractivity contribution >= 4 is 96.5 Å². The third-order valence-corrected chi connectivity index (χ3v) is 9.09. The summed E-state index contributed by atoms with van der Waals surface area (Å²) in [6, 6.07) is 13.5. The predicted molar refractivity (Wildman–Crippen MR) is 162 cm³/mol. The monoisotopic (exact) mass is 732 g/mol. The van der Waals surface area contributed by atoms with E-state index in [0.717, 1.165) is 16.7 Å². The normalized spacial score (nSPS) is 14.5. The second kappa shape index (κ2) is 12.4. The van der Waals surface area contributed by atoms with Gasteiger partial charge in [0.2, 0.25) is 5.91 Å². The summed E-state index contributed by atoms with van der Waals surface area (Å²) < 4.78 is 37.0. The zero-order chi connectivity index (χ0) is 29.2. The van der Waals surface area contributed by atoms with E-state index in [2.05, 4.69) is 5.32 Å². The number of amides is 3. The van der Waals surface area contributed by atoms with Crippen molar-refractivity contribution in [3.8, 4) is 11.5 Å². The molecule has 3 aromatic carbocycles. The molecule has 4 rings (SSSR count). The summed E-state index contributed by atoms with van der Waals surface area (Å²) in [5.41, 5.74) is 1.57. The van der Waals surface area contributed by atoms with Crippen LogP contribution in [0.5, 0.6) is 11.5 Å². The average molecular weight is 733 g/mol. The summed E-state index contributed by atoms with van der Waals surface area (Å²) in [5.74, 6) is -0.714. The molecule has 3 aromatic rings. The lowest BCUT2D eigenvalue weighted by Gasteiger charge is -2.14. The average Bonchev–Trinajstić information content (AvgIpc) is 3.14. The highest BCUT2D eigenvalue weighted by atomic mass is 127. The molecular formula is C26H19Cl2IN2O7S2. The van der Waals surface area contributed by atoms with Gasteiger partial charge in [-0.15, -0.1) is 0 Å². The number of halogens is 3. The predicted octanol–water partition coefficient (Wildman–Crippen LogP) is 6.57. The van der Waals surface area contributed by atoms with Gasteiger partial charge in [0.05, 0.1) is 32.2 Å². The van der Waals surface area contributed by atoms with Crippen LogP contribution in [0.1, 0.15) is 18.1 Å². The lowest BCUT2D eigenvalue weighted by Crippen LogP contribution is -2.27. The maximum absolute atomic E-state index is 13.0. The van der Waals surface area contributed by atoms with Crippen molar-refractivity contribution in [2.75, 3.05) is 12.4 Å². The van der Waals surface area contributed by atoms with Crippen LogP contribution in [-0.4, -0.2) is 37.5 Å². The number of nitrogens with zero attached hydrogens (tertiary/aromatic N) is 1. The van der Waals surface area contributed by atoms with Gasteiger partial charge in [-0.25, -0.2) is 0 Å². The van der Waals surface area contributed by atoms with Crippen molar-refractivity contribution in [3.63, 3.8) is 0 Å². The van der Waals surface area contributed by atoms with E-state index in [4.69, 9.17) is 32.1 Å². The highest BCUT2D eigenvalue weighted by Gasteiger charge is 2.35. The molecule has 3 amide bonds. The van der Waals surface area contributed by atoms with E-state index in [1.807, 2.05) is 22.6 Å². The van der Waals surface area contributed by atoms with Crippen LogP contribution in [0.15, 0.2) is 64.4 Å². The van der Waals surface area contributed by atoms with Crippen LogP contribution < -0.4 is 14.2 Å². The number of carbonyl (C=O) groups excluding carboxylic acids is 3. The molecule has 1 saturated heterocycles. The Morgan fingerprint density at radius 1 is 1.07 bits per heavy atom. The number of thioether (sulfide) groups is 1. The van der Waals surface area contributed by atoms with Gasteiger partial charge in [-0.1, -0.05) is 29.3 Å². The number of hydrogen-bond donors (Lipinski definition) is 1. The molecule has 0 spiro atoms. The summed E-state index contributed by atoms with van der Waals surface area (Å²) in [7, 11) is -2.90. The molecule has 0 bridgehead atoms. The smallest absolute Gasteiger partial charge is 0.339 e. The minimum absolute atomic E-state index is 0.0240. The first-order valence-corrected chi connectivity index (χ1v) is 15.3. The maximum Gasteiger partial charge on any atom is 0.339 e. The zero-order valence-electron chi connectivity index (χ0n) is 20.7. The highest BCUT2D eigenvalue weighted by molar-refractivity contribution is 14.1. The number of imide groups is 1. The molecular weight excluding hydrogens is 714 g/mol. The summed E-state index contributed by atoms with van der Waals surface area (Å²) in [6.07, 6.45) is 1.52. The van der Waals surface area contributed by atoms with E-state index in [-0.39, 0.29) is 33.8 Å². The highest BCUT2D eigenvalue weighted by Crippen LogP contribution is 2.39. The van der Waals surface area contributed by atoms with Crippen molar-refractivity contribution in [1.82, 2.24) is 4.90 Å². The molecule has 40 heavy (non-hydrogen) atoms. The fraction of sp³-hybridized carbons (Fsp3) is 0.115. The van der Waals surface area contributed by atoms with Gasteiger partial charge in [0.25, 0.3) is 11.1 Å². The molecule has 208 valence electrons. The molecule has 0 atom stereocenters. The Balaban J connectivity index is 1.56. The lowest BCUT2D eigenvalue weighted by atomic mass is 10.1. The number of benzene rings is 3. The Kier molecular flexibility index (Phi) is 9.35. The molecule has 9 nitrogen and oxygen atoms in total. The number of rotatable bonds is 8. The molecule has 14 heteroatoms. The van der Waals surface area contributed by atoms with Gasteiger partial charge >= 0.3 is 10.1 Å². The van der Waals surface area contributed by atoms with Gasteiger partial charge < -0.3 is 14.2 Å². The van der Waals surface area contributed by atoms with E-state index < -0.39 is 21.3 Å². The second-order valence-corrected chi connectivity index (χ2v) is 12.8. The largest absolute Gasteiger partial charge is 0.493 e. The van der Waals surface area contributed by atoms with Gasteiger partial charge in [0.15, 0.2) is 11.5 Å². The quantitative estimate of drug-likeness (QED) is 0.157. The third-order valence-electron chi connectivity index (χ3n) is 5.40. The van der Waals surface area contributed by atoms with Crippen LogP contribution in [0.3, 0.4) is 0 Å². The molecule has 0 radical (unpaired) electrons. The third kappa shape index (κ3) is 6.92. The molecule has 1 aliphatic heterocycles. The van der Waals surface area contributed by atoms with Crippen LogP contribution >= 0.6 is 57.6 Å². The number of ether oxygens (including phenoxy) is 1. The molecule has 1 aliphatic rings. The van der Waals surface area contributed by atoms with E-state index >= 15 is 0 Å². The van der Waals surface area contributed by atoms with Crippen molar-refractivity contribution in [3.05, 3.63) is 84.2 Å². The van der Waals surface area contributed by atoms with E-state index in [1.165, 1.54) is 50.4 Å². The summed E-state index contributed by atoms with van der Waals surface area (Å²) in [6.45, 7) is 1.37. The number of hydrogen-bond acceptors (Lipinski definition) is 8. The van der Waals surface area contributed by atoms with E-state index in [1.54, 1.807) is 24.3 Å². The molecule has 0 aromatic heterocycles. The Morgan fingerprint density at radius 3 is 2.40 bits per heavy atom. The van der Waals surface area contributed by atoms with Gasteiger partial charge in [-0.3, -0.25) is 19.3 Å². The van der Waals surface area contributed by atoms with Gasteiger partial charge in [0.1, 0.15) is 4.90 Å². The Labute approximate surface area is 258 Å². The molecule has 0 aliphatic carbocycles. The number of methoxy groups -OCH3 is 1. The van der Waals surface area contributed by atoms with Gasteiger partial charge in [-0.2, -0.15) is 8.42 Å². The molecule has 0 saturated carbocycles. The van der Waals surface area contributed by atoms with Crippen LogP contribution in [0, 0.1) is 3.57 Å². The topological polar surface area (TPSA) is 119 Å². The standard InChI is InChI=1S/C26H19Cl2IN2O7S2/c1-14(32)30-17-4-6-18(7-5-17)40(35,36)38-24-21(29)10-16(11-22(24)37-2)12-23-25(33)31(26(34)39-23)13-15-3-8-19(27)20(28)9-15/h3-12H,13H2,1-2H3,(H,30,32)/b23-12-. The van der Waals surface area contributed by atoms with Crippen molar-refractivity contribution in [2.24, 2.45) is 0 Å². The maximum atomic E-state index is 13.0. The van der Waals surface area contributed by atoms with Crippen LogP contribution in [-0.2, 0) is 26.3 Å². The molecule has 1 N–H and O–H groups in total. The van der Waals surface area contributed by atoms with Crippen molar-refractivity contribution < 1.29 is 31.7 Å². The first kappa shape index (κ1) is 30.2. The Bertz CT molecular complexity index is 1660. The summed E-state index contributed by atoms with van der Waals surface area (Å²) in [5, 5.41) is 2.79. The fourth-order valence-corrected chi connectivity index (χ4v) is 6.58. The minimum atomic E-state index is -4.25. The fourth-order valence-electron chi connectivity index (χ4n) is 3.58. The SMILES string of the molecule is COc1cc(/C=C2\SC(=O)N(Cc3ccc(Cl)c(Cl)c3)C2=O)cc(I)c1OS(=O)(=O)c1ccc(NC(C)=O)cc1.